The van der Waals surface area contributed by atoms with Crippen molar-refractivity contribution in [3.8, 4) is 5.75 Å². The van der Waals surface area contributed by atoms with Crippen molar-refractivity contribution in [3.63, 3.8) is 0 Å². The van der Waals surface area contributed by atoms with Crippen LogP contribution >= 0.6 is 20.2 Å². The summed E-state index contributed by atoms with van der Waals surface area (Å²) in [6.07, 6.45) is 0. The maximum absolute atomic E-state index is 12.6. The van der Waals surface area contributed by atoms with Crippen LogP contribution in [-0.4, -0.2) is 12.1 Å². The summed E-state index contributed by atoms with van der Waals surface area (Å²) in [6.45, 7) is 8.86. The maximum atomic E-state index is 12.6. The normalized spacial score (nSPS) is 10.9. The minimum absolute atomic E-state index is 0. The van der Waals surface area contributed by atoms with Gasteiger partial charge in [-0.15, -0.1) is 0 Å². The molecule has 0 bridgehead atoms. The molecule has 0 spiro atoms. The van der Waals surface area contributed by atoms with E-state index in [0.717, 1.165) is 22.2 Å². The van der Waals surface area contributed by atoms with Gasteiger partial charge in [0.1, 0.15) is 5.75 Å². The summed E-state index contributed by atoms with van der Waals surface area (Å²) >= 11 is 6.19. The van der Waals surface area contributed by atoms with E-state index >= 15 is 0 Å². The zero-order valence-corrected chi connectivity index (χ0v) is 16.7. The first kappa shape index (κ1) is 21.3. The molecule has 0 aromatic heterocycles. The fourth-order valence-electron chi connectivity index (χ4n) is 2.23. The summed E-state index contributed by atoms with van der Waals surface area (Å²) in [4.78, 5) is 12.6. The average molecular weight is 357 g/mol. The van der Waals surface area contributed by atoms with Crippen LogP contribution in [0.25, 0.3) is 0 Å². The third-order valence-corrected chi connectivity index (χ3v) is 5.10. The molecule has 0 aliphatic carbocycles. The van der Waals surface area contributed by atoms with Gasteiger partial charge in [-0.05, 0) is 63.0 Å². The van der Waals surface area contributed by atoms with Gasteiger partial charge in [-0.25, -0.2) is 0 Å². The molecule has 2 aromatic carbocycles. The van der Waals surface area contributed by atoms with Crippen LogP contribution in [0.15, 0.2) is 36.4 Å². The first-order valence-corrected chi connectivity index (χ1v) is 9.06. The second-order valence-corrected chi connectivity index (χ2v) is 7.72. The van der Waals surface area contributed by atoms with Crippen LogP contribution in [-0.2, 0) is 0 Å². The zero-order chi connectivity index (χ0) is 17.0. The Kier molecular flexibility index (Phi) is 8.55. The van der Waals surface area contributed by atoms with Crippen molar-refractivity contribution >= 4 is 31.0 Å². The monoisotopic (exact) mass is 356 g/mol. The van der Waals surface area contributed by atoms with Crippen molar-refractivity contribution in [2.75, 3.05) is 6.61 Å². The maximum Gasteiger partial charge on any atom is 1.00 e. The van der Waals surface area contributed by atoms with E-state index in [1.54, 1.807) is 6.07 Å². The molecule has 0 aliphatic heterocycles. The van der Waals surface area contributed by atoms with Crippen LogP contribution in [0.4, 0.5) is 0 Å². The van der Waals surface area contributed by atoms with Gasteiger partial charge in [-0.2, -0.15) is 0 Å². The van der Waals surface area contributed by atoms with Crippen LogP contribution in [0.1, 0.15) is 36.8 Å². The minimum atomic E-state index is 0. The molecular weight excluding hydrogens is 334 g/mol. The molecule has 0 saturated carbocycles. The van der Waals surface area contributed by atoms with Gasteiger partial charge in [-0.1, -0.05) is 43.6 Å². The van der Waals surface area contributed by atoms with Gasteiger partial charge < -0.3 is 6.16 Å². The predicted molar refractivity (Wildman–Crippen MR) is 101 cm³/mol. The summed E-state index contributed by atoms with van der Waals surface area (Å²) in [5.74, 6) is 1.34. The SMILES string of the molecule is Cc1cc(OCC(C)C)ccc1PC(=O)c1c(C)cccc1Cl.[H-].[Li+]. The molecule has 124 valence electrons. The summed E-state index contributed by atoms with van der Waals surface area (Å²) in [5, 5.41) is 1.56. The Bertz CT molecular complexity index is 702. The molecular formula is C19H23ClLiO2P. The molecule has 5 heteroatoms. The number of hydrogen-bond acceptors (Lipinski definition) is 2. The van der Waals surface area contributed by atoms with E-state index in [1.807, 2.05) is 44.2 Å². The van der Waals surface area contributed by atoms with Crippen molar-refractivity contribution in [2.24, 2.45) is 5.92 Å². The first-order chi connectivity index (χ1) is 10.9. The molecule has 1 atom stereocenters. The van der Waals surface area contributed by atoms with Crippen LogP contribution in [0.3, 0.4) is 0 Å². The number of benzene rings is 2. The number of carbonyl (C=O) groups is 1. The predicted octanol–water partition coefficient (Wildman–Crippen LogP) is 2.25. The average Bonchev–Trinajstić information content (AvgIpc) is 2.47. The van der Waals surface area contributed by atoms with Crippen molar-refractivity contribution in [1.29, 1.82) is 0 Å². The van der Waals surface area contributed by atoms with E-state index in [-0.39, 0.29) is 34.4 Å². The van der Waals surface area contributed by atoms with Gasteiger partial charge >= 0.3 is 18.9 Å². The van der Waals surface area contributed by atoms with E-state index in [0.29, 0.717) is 23.1 Å². The molecule has 0 aliphatic rings. The largest absolute Gasteiger partial charge is 1.00 e. The number of ether oxygens (including phenoxy) is 1. The van der Waals surface area contributed by atoms with E-state index in [2.05, 4.69) is 13.8 Å². The summed E-state index contributed by atoms with van der Waals surface area (Å²) in [7, 11) is 0.0622. The second kappa shape index (κ2) is 9.64. The van der Waals surface area contributed by atoms with Gasteiger partial charge in [0.2, 0.25) is 0 Å². The molecule has 0 N–H and O–H groups in total. The van der Waals surface area contributed by atoms with Crippen molar-refractivity contribution in [1.82, 2.24) is 0 Å². The standard InChI is InChI=1S/C19H22ClO2P.Li.H/c1-12(2)11-22-15-8-9-17(14(4)10-15)23-19(21)18-13(3)6-5-7-16(18)20;;/h5-10,12,23H,11H2,1-4H3;;/q;+1;-1. The van der Waals surface area contributed by atoms with Crippen LogP contribution < -0.4 is 28.9 Å². The van der Waals surface area contributed by atoms with E-state index in [9.17, 15) is 4.79 Å². The number of carbonyl (C=O) groups excluding carboxylic acids is 1. The molecule has 1 unspecified atom stereocenters. The Labute approximate surface area is 164 Å². The number of aryl methyl sites for hydroxylation is 2. The summed E-state index contributed by atoms with van der Waals surface area (Å²) in [6, 6.07) is 11.5. The fraction of sp³-hybridized carbons (Fsp3) is 0.316. The Balaban J connectivity index is 0.00000288. The van der Waals surface area contributed by atoms with Crippen LogP contribution in [0, 0.1) is 19.8 Å². The summed E-state index contributed by atoms with van der Waals surface area (Å²) < 4.78 is 5.73. The van der Waals surface area contributed by atoms with Gasteiger partial charge in [0, 0.05) is 5.56 Å². The van der Waals surface area contributed by atoms with Gasteiger partial charge in [0.15, 0.2) is 5.52 Å². The van der Waals surface area contributed by atoms with Gasteiger partial charge in [0.05, 0.1) is 11.6 Å². The summed E-state index contributed by atoms with van der Waals surface area (Å²) in [5.41, 5.74) is 2.70. The number of rotatable bonds is 6. The molecule has 2 aromatic rings. The minimum Gasteiger partial charge on any atom is -1.00 e. The second-order valence-electron chi connectivity index (χ2n) is 6.07. The van der Waals surface area contributed by atoms with Crippen molar-refractivity contribution < 1.29 is 29.8 Å². The molecule has 0 fully saturated rings. The molecule has 0 radical (unpaired) electrons. The van der Waals surface area contributed by atoms with Crippen molar-refractivity contribution in [2.45, 2.75) is 27.7 Å². The molecule has 0 heterocycles. The fourth-order valence-corrected chi connectivity index (χ4v) is 3.76. The van der Waals surface area contributed by atoms with Crippen LogP contribution in [0.5, 0.6) is 5.75 Å². The van der Waals surface area contributed by atoms with Gasteiger partial charge in [0.25, 0.3) is 0 Å². The van der Waals surface area contributed by atoms with E-state index in [1.165, 1.54) is 0 Å². The van der Waals surface area contributed by atoms with E-state index < -0.39 is 0 Å². The first-order valence-electron chi connectivity index (χ1n) is 7.68. The van der Waals surface area contributed by atoms with Gasteiger partial charge in [-0.3, -0.25) is 4.79 Å². The molecule has 24 heavy (non-hydrogen) atoms. The smallest absolute Gasteiger partial charge is 1.00 e. The Hall–Kier alpha value is -0.773. The van der Waals surface area contributed by atoms with Crippen LogP contribution in [0.2, 0.25) is 5.02 Å². The number of halogens is 1. The molecule has 2 nitrogen and oxygen atoms in total. The topological polar surface area (TPSA) is 26.3 Å². The Morgan fingerprint density at radius 1 is 1.21 bits per heavy atom. The molecule has 2 rings (SSSR count). The van der Waals surface area contributed by atoms with E-state index in [4.69, 9.17) is 16.3 Å². The molecule has 0 amide bonds. The number of hydrogen-bond donors (Lipinski definition) is 0. The third kappa shape index (κ3) is 5.64. The molecule has 0 saturated heterocycles. The zero-order valence-electron chi connectivity index (χ0n) is 15.9. The third-order valence-electron chi connectivity index (χ3n) is 3.48. The van der Waals surface area contributed by atoms with Crippen molar-refractivity contribution in [3.05, 3.63) is 58.1 Å². The Morgan fingerprint density at radius 3 is 2.50 bits per heavy atom. The Morgan fingerprint density at radius 2 is 1.92 bits per heavy atom. The quantitative estimate of drug-likeness (QED) is 0.586.